The topological polar surface area (TPSA) is 95.6 Å². The molecular weight excluding hydrogens is 463 g/mol. The summed E-state index contributed by atoms with van der Waals surface area (Å²) in [5, 5.41) is 5.05. The molecule has 0 spiro atoms. The summed E-state index contributed by atoms with van der Waals surface area (Å²) in [6.07, 6.45) is -4.11. The molecule has 2 atom stereocenters. The number of nitrogens with zero attached hydrogens (tertiary/aromatic N) is 1. The van der Waals surface area contributed by atoms with Gasteiger partial charge in [-0.2, -0.15) is 13.2 Å². The Bertz CT molecular complexity index is 1070. The molecule has 1 fully saturated rings. The summed E-state index contributed by atoms with van der Waals surface area (Å²) in [6, 6.07) is 11.2. The minimum absolute atomic E-state index is 0.0529. The second-order valence-electron chi connectivity index (χ2n) is 8.25. The van der Waals surface area contributed by atoms with E-state index in [-0.39, 0.29) is 38.3 Å². The quantitative estimate of drug-likeness (QED) is 0.530. The first kappa shape index (κ1) is 25.9. The number of nitrogens with one attached hydrogen (secondary N) is 2. The fraction of sp³-hybridized carbons (Fsp3) is 0.360. The average molecular weight is 489 g/mol. The van der Waals surface area contributed by atoms with Crippen LogP contribution < -0.4 is 10.6 Å². The van der Waals surface area contributed by atoms with Gasteiger partial charge in [-0.05, 0) is 36.6 Å². The Morgan fingerprint density at radius 2 is 1.69 bits per heavy atom. The molecule has 3 amide bonds. The van der Waals surface area contributed by atoms with E-state index in [9.17, 15) is 32.3 Å². The van der Waals surface area contributed by atoms with Crippen LogP contribution in [0.15, 0.2) is 54.6 Å². The van der Waals surface area contributed by atoms with E-state index in [2.05, 4.69) is 10.6 Å². The van der Waals surface area contributed by atoms with Gasteiger partial charge < -0.3 is 15.5 Å². The average Bonchev–Trinajstić information content (AvgIpc) is 3.18. The van der Waals surface area contributed by atoms with Gasteiger partial charge in [-0.15, -0.1) is 0 Å². The SMILES string of the molecule is CCNC(=O)C(=O)C(Cc1ccccc1)NC(=O)[C@@H]1CCC(=O)N1Cc1ccc(C(F)(F)F)cc1. The van der Waals surface area contributed by atoms with E-state index in [0.29, 0.717) is 5.56 Å². The third kappa shape index (κ3) is 6.68. The van der Waals surface area contributed by atoms with Gasteiger partial charge in [-0.3, -0.25) is 19.2 Å². The summed E-state index contributed by atoms with van der Waals surface area (Å²) >= 11 is 0. The number of likely N-dealkylation sites (tertiary alicyclic amines) is 1. The Kier molecular flexibility index (Phi) is 8.26. The molecule has 3 rings (SSSR count). The van der Waals surface area contributed by atoms with Gasteiger partial charge >= 0.3 is 6.18 Å². The highest BCUT2D eigenvalue weighted by molar-refractivity contribution is 6.38. The molecule has 1 saturated heterocycles. The van der Waals surface area contributed by atoms with Crippen LogP contribution in [0, 0.1) is 0 Å². The maximum atomic E-state index is 13.1. The van der Waals surface area contributed by atoms with E-state index < -0.39 is 41.4 Å². The molecule has 1 heterocycles. The third-order valence-electron chi connectivity index (χ3n) is 5.74. The summed E-state index contributed by atoms with van der Waals surface area (Å²) in [4.78, 5) is 51.8. The van der Waals surface area contributed by atoms with E-state index in [0.717, 1.165) is 17.7 Å². The van der Waals surface area contributed by atoms with Crippen LogP contribution >= 0.6 is 0 Å². The van der Waals surface area contributed by atoms with Gasteiger partial charge in [0.05, 0.1) is 5.56 Å². The van der Waals surface area contributed by atoms with Crippen molar-refractivity contribution in [3.05, 3.63) is 71.3 Å². The summed E-state index contributed by atoms with van der Waals surface area (Å²) in [5.74, 6) is -2.54. The summed E-state index contributed by atoms with van der Waals surface area (Å²) < 4.78 is 38.5. The van der Waals surface area contributed by atoms with Gasteiger partial charge in [0.1, 0.15) is 12.1 Å². The second-order valence-corrected chi connectivity index (χ2v) is 8.25. The van der Waals surface area contributed by atoms with E-state index in [4.69, 9.17) is 0 Å². The maximum Gasteiger partial charge on any atom is 0.416 e. The predicted molar refractivity (Wildman–Crippen MR) is 121 cm³/mol. The Hall–Kier alpha value is -3.69. The predicted octanol–water partition coefficient (Wildman–Crippen LogP) is 2.63. The first-order valence-corrected chi connectivity index (χ1v) is 11.2. The zero-order valence-electron chi connectivity index (χ0n) is 19.1. The highest BCUT2D eigenvalue weighted by Crippen LogP contribution is 2.30. The van der Waals surface area contributed by atoms with Crippen molar-refractivity contribution in [3.8, 4) is 0 Å². The number of amides is 3. The number of rotatable bonds is 9. The highest BCUT2D eigenvalue weighted by Gasteiger charge is 2.38. The monoisotopic (exact) mass is 489 g/mol. The number of carbonyl (C=O) groups is 4. The van der Waals surface area contributed by atoms with Crippen LogP contribution in [-0.4, -0.2) is 47.0 Å². The van der Waals surface area contributed by atoms with Gasteiger partial charge in [0, 0.05) is 25.9 Å². The number of halogens is 3. The number of alkyl halides is 3. The Morgan fingerprint density at radius 1 is 1.03 bits per heavy atom. The Morgan fingerprint density at radius 3 is 2.29 bits per heavy atom. The van der Waals surface area contributed by atoms with E-state index in [1.807, 2.05) is 0 Å². The molecule has 0 bridgehead atoms. The van der Waals surface area contributed by atoms with Crippen molar-refractivity contribution < 1.29 is 32.3 Å². The standard InChI is InChI=1S/C25H26F3N3O4/c1-2-29-24(35)22(33)19(14-16-6-4-3-5-7-16)30-23(34)20-12-13-21(32)31(20)15-17-8-10-18(11-9-17)25(26,27)28/h3-11,19-20H,2,12-15H2,1H3,(H,29,35)(H,30,34)/t19?,20-/m0/s1. The lowest BCUT2D eigenvalue weighted by molar-refractivity contribution is -0.141. The molecule has 1 aliphatic rings. The molecule has 0 saturated carbocycles. The lowest BCUT2D eigenvalue weighted by atomic mass is 10.0. The Balaban J connectivity index is 1.75. The number of hydrogen-bond donors (Lipinski definition) is 2. The largest absolute Gasteiger partial charge is 0.416 e. The van der Waals surface area contributed by atoms with Crippen LogP contribution in [0.5, 0.6) is 0 Å². The van der Waals surface area contributed by atoms with Crippen LogP contribution in [0.2, 0.25) is 0 Å². The smallest absolute Gasteiger partial charge is 0.350 e. The number of Topliss-reactive ketones (excluding diaryl/α,β-unsaturated/α-hetero) is 1. The molecule has 1 unspecified atom stereocenters. The lowest BCUT2D eigenvalue weighted by Crippen LogP contribution is -2.53. The van der Waals surface area contributed by atoms with Gasteiger partial charge in [0.2, 0.25) is 17.6 Å². The molecule has 0 aromatic heterocycles. The minimum atomic E-state index is -4.48. The van der Waals surface area contributed by atoms with Crippen molar-refractivity contribution >= 4 is 23.5 Å². The van der Waals surface area contributed by atoms with Crippen molar-refractivity contribution in [1.29, 1.82) is 0 Å². The molecule has 2 N–H and O–H groups in total. The van der Waals surface area contributed by atoms with Gasteiger partial charge in [0.25, 0.3) is 5.91 Å². The molecule has 186 valence electrons. The summed E-state index contributed by atoms with van der Waals surface area (Å²) in [6.45, 7) is 1.86. The number of likely N-dealkylation sites (N-methyl/N-ethyl adjacent to an activating group) is 1. The van der Waals surface area contributed by atoms with Crippen molar-refractivity contribution in [2.45, 2.75) is 51.0 Å². The molecule has 1 aliphatic heterocycles. The fourth-order valence-electron chi connectivity index (χ4n) is 3.93. The van der Waals surface area contributed by atoms with Crippen LogP contribution in [0.25, 0.3) is 0 Å². The van der Waals surface area contributed by atoms with Crippen molar-refractivity contribution in [2.75, 3.05) is 6.54 Å². The van der Waals surface area contributed by atoms with Gasteiger partial charge in [-0.25, -0.2) is 0 Å². The second kappa shape index (κ2) is 11.2. The summed E-state index contributed by atoms with van der Waals surface area (Å²) in [5.41, 5.74) is 0.362. The molecule has 0 radical (unpaired) electrons. The van der Waals surface area contributed by atoms with Gasteiger partial charge in [0.15, 0.2) is 0 Å². The van der Waals surface area contributed by atoms with Crippen molar-refractivity contribution in [2.24, 2.45) is 0 Å². The molecule has 2 aromatic carbocycles. The number of carbonyl (C=O) groups excluding carboxylic acids is 4. The molecule has 10 heteroatoms. The van der Waals surface area contributed by atoms with E-state index >= 15 is 0 Å². The van der Waals surface area contributed by atoms with Crippen molar-refractivity contribution in [1.82, 2.24) is 15.5 Å². The van der Waals surface area contributed by atoms with Crippen LogP contribution in [0.1, 0.15) is 36.5 Å². The highest BCUT2D eigenvalue weighted by atomic mass is 19.4. The first-order chi connectivity index (χ1) is 16.6. The van der Waals surface area contributed by atoms with Gasteiger partial charge in [-0.1, -0.05) is 42.5 Å². The fourth-order valence-corrected chi connectivity index (χ4v) is 3.93. The zero-order valence-corrected chi connectivity index (χ0v) is 19.1. The van der Waals surface area contributed by atoms with Crippen LogP contribution in [0.4, 0.5) is 13.2 Å². The lowest BCUT2D eigenvalue weighted by Gasteiger charge is -2.26. The van der Waals surface area contributed by atoms with Crippen LogP contribution in [0.3, 0.4) is 0 Å². The summed E-state index contributed by atoms with van der Waals surface area (Å²) in [7, 11) is 0. The van der Waals surface area contributed by atoms with E-state index in [1.165, 1.54) is 17.0 Å². The first-order valence-electron chi connectivity index (χ1n) is 11.2. The Labute approximate surface area is 200 Å². The number of benzene rings is 2. The maximum absolute atomic E-state index is 13.1. The molecule has 2 aromatic rings. The molecule has 0 aliphatic carbocycles. The molecule has 35 heavy (non-hydrogen) atoms. The zero-order chi connectivity index (χ0) is 25.6. The third-order valence-corrected chi connectivity index (χ3v) is 5.74. The minimum Gasteiger partial charge on any atom is -0.350 e. The number of hydrogen-bond acceptors (Lipinski definition) is 4. The molecule has 7 nitrogen and oxygen atoms in total. The van der Waals surface area contributed by atoms with Crippen molar-refractivity contribution in [3.63, 3.8) is 0 Å². The molecular formula is C25H26F3N3O4. The normalized spacial score (nSPS) is 16.6. The van der Waals surface area contributed by atoms with E-state index in [1.54, 1.807) is 37.3 Å². The number of ketones is 1. The van der Waals surface area contributed by atoms with Crippen LogP contribution in [-0.2, 0) is 38.3 Å².